The second kappa shape index (κ2) is 10.5. The van der Waals surface area contributed by atoms with Crippen LogP contribution in [0.15, 0.2) is 24.3 Å². The van der Waals surface area contributed by atoms with E-state index in [1.165, 1.54) is 31.4 Å². The van der Waals surface area contributed by atoms with E-state index in [0.29, 0.717) is 0 Å². The number of rotatable bonds is 11. The van der Waals surface area contributed by atoms with E-state index in [9.17, 15) is 0 Å². The number of hydrogen-bond donors (Lipinski definition) is 1. The van der Waals surface area contributed by atoms with E-state index in [0.717, 1.165) is 31.3 Å². The SMILES string of the molecule is COc1ccc(N(C)CCCCCCNCC(C)C)cc1. The molecule has 3 nitrogen and oxygen atoms in total. The Bertz CT molecular complexity index is 362. The van der Waals surface area contributed by atoms with Crippen LogP contribution in [0.4, 0.5) is 5.69 Å². The van der Waals surface area contributed by atoms with Gasteiger partial charge in [0.15, 0.2) is 0 Å². The Balaban J connectivity index is 2.06. The maximum Gasteiger partial charge on any atom is 0.119 e. The zero-order valence-corrected chi connectivity index (χ0v) is 14.2. The predicted octanol–water partition coefficient (Wildman–Crippen LogP) is 3.94. The lowest BCUT2D eigenvalue weighted by Gasteiger charge is -2.19. The van der Waals surface area contributed by atoms with Gasteiger partial charge in [-0.25, -0.2) is 0 Å². The predicted molar refractivity (Wildman–Crippen MR) is 92.4 cm³/mol. The molecule has 0 saturated carbocycles. The molecule has 0 atom stereocenters. The van der Waals surface area contributed by atoms with Crippen molar-refractivity contribution >= 4 is 5.69 Å². The molecule has 120 valence electrons. The fraction of sp³-hybridized carbons (Fsp3) is 0.667. The first-order valence-corrected chi connectivity index (χ1v) is 8.19. The Morgan fingerprint density at radius 2 is 1.71 bits per heavy atom. The molecule has 0 heterocycles. The maximum absolute atomic E-state index is 5.18. The number of hydrogen-bond acceptors (Lipinski definition) is 3. The van der Waals surface area contributed by atoms with Crippen LogP contribution in [-0.4, -0.2) is 33.8 Å². The number of ether oxygens (including phenoxy) is 1. The molecule has 0 amide bonds. The summed E-state index contributed by atoms with van der Waals surface area (Å²) >= 11 is 0. The maximum atomic E-state index is 5.18. The Kier molecular flexibility index (Phi) is 8.91. The van der Waals surface area contributed by atoms with Crippen molar-refractivity contribution in [3.05, 3.63) is 24.3 Å². The van der Waals surface area contributed by atoms with Crippen molar-refractivity contribution in [3.63, 3.8) is 0 Å². The second-order valence-corrected chi connectivity index (χ2v) is 6.13. The van der Waals surface area contributed by atoms with Crippen LogP contribution >= 0.6 is 0 Å². The molecule has 1 aromatic carbocycles. The standard InChI is InChI=1S/C18H32N2O/c1-16(2)15-19-13-7-5-6-8-14-20(3)17-9-11-18(21-4)12-10-17/h9-12,16,19H,5-8,13-15H2,1-4H3. The molecule has 1 aromatic rings. The monoisotopic (exact) mass is 292 g/mol. The lowest BCUT2D eigenvalue weighted by Crippen LogP contribution is -2.21. The zero-order chi connectivity index (χ0) is 15.5. The third kappa shape index (κ3) is 7.96. The van der Waals surface area contributed by atoms with Gasteiger partial charge in [-0.2, -0.15) is 0 Å². The van der Waals surface area contributed by atoms with E-state index >= 15 is 0 Å². The molecule has 21 heavy (non-hydrogen) atoms. The van der Waals surface area contributed by atoms with Crippen molar-refractivity contribution in [3.8, 4) is 5.75 Å². The minimum absolute atomic E-state index is 0.753. The molecule has 0 bridgehead atoms. The number of nitrogens with one attached hydrogen (secondary N) is 1. The summed E-state index contributed by atoms with van der Waals surface area (Å²) in [5, 5.41) is 3.50. The fourth-order valence-corrected chi connectivity index (χ4v) is 2.31. The van der Waals surface area contributed by atoms with Gasteiger partial charge in [-0.3, -0.25) is 0 Å². The average Bonchev–Trinajstić information content (AvgIpc) is 2.49. The molecule has 0 radical (unpaired) electrons. The van der Waals surface area contributed by atoms with Crippen molar-refractivity contribution < 1.29 is 4.74 Å². The molecule has 0 unspecified atom stereocenters. The highest BCUT2D eigenvalue weighted by molar-refractivity contribution is 5.48. The van der Waals surface area contributed by atoms with Crippen LogP contribution in [0.1, 0.15) is 39.5 Å². The number of anilines is 1. The molecule has 0 fully saturated rings. The number of methoxy groups -OCH3 is 1. The topological polar surface area (TPSA) is 24.5 Å². The van der Waals surface area contributed by atoms with Crippen LogP contribution in [-0.2, 0) is 0 Å². The summed E-state index contributed by atoms with van der Waals surface area (Å²) in [6.45, 7) is 7.92. The molecule has 1 rings (SSSR count). The van der Waals surface area contributed by atoms with Crippen LogP contribution in [0, 0.1) is 5.92 Å². The first-order chi connectivity index (χ1) is 10.1. The Morgan fingerprint density at radius 1 is 1.05 bits per heavy atom. The third-order valence-corrected chi connectivity index (χ3v) is 3.66. The average molecular weight is 292 g/mol. The molecule has 1 N–H and O–H groups in total. The van der Waals surface area contributed by atoms with Crippen LogP contribution in [0.2, 0.25) is 0 Å². The summed E-state index contributed by atoms with van der Waals surface area (Å²) in [7, 11) is 3.86. The summed E-state index contributed by atoms with van der Waals surface area (Å²) < 4.78 is 5.18. The van der Waals surface area contributed by atoms with E-state index in [4.69, 9.17) is 4.74 Å². The molecule has 3 heteroatoms. The normalized spacial score (nSPS) is 10.9. The van der Waals surface area contributed by atoms with Crippen molar-refractivity contribution in [1.82, 2.24) is 5.32 Å². The highest BCUT2D eigenvalue weighted by Crippen LogP contribution is 2.18. The molecular formula is C18H32N2O. The number of unbranched alkanes of at least 4 members (excludes halogenated alkanes) is 3. The van der Waals surface area contributed by atoms with E-state index < -0.39 is 0 Å². The smallest absolute Gasteiger partial charge is 0.119 e. The molecule has 0 aliphatic rings. The molecular weight excluding hydrogens is 260 g/mol. The third-order valence-electron chi connectivity index (χ3n) is 3.66. The largest absolute Gasteiger partial charge is 0.497 e. The minimum atomic E-state index is 0.753. The van der Waals surface area contributed by atoms with Gasteiger partial charge in [0, 0.05) is 19.3 Å². The Labute approximate surface area is 130 Å². The van der Waals surface area contributed by atoms with Crippen LogP contribution < -0.4 is 15.0 Å². The minimum Gasteiger partial charge on any atom is -0.497 e. The number of benzene rings is 1. The van der Waals surface area contributed by atoms with E-state index in [1.54, 1.807) is 7.11 Å². The number of nitrogens with zero attached hydrogens (tertiary/aromatic N) is 1. The van der Waals surface area contributed by atoms with Crippen molar-refractivity contribution in [2.45, 2.75) is 39.5 Å². The van der Waals surface area contributed by atoms with E-state index in [1.807, 2.05) is 12.1 Å². The Hall–Kier alpha value is -1.22. The van der Waals surface area contributed by atoms with Crippen molar-refractivity contribution in [2.24, 2.45) is 5.92 Å². The summed E-state index contributed by atoms with van der Waals surface area (Å²) in [6, 6.07) is 8.28. The second-order valence-electron chi connectivity index (χ2n) is 6.13. The van der Waals surface area contributed by atoms with Gasteiger partial charge in [-0.05, 0) is 56.1 Å². The highest BCUT2D eigenvalue weighted by atomic mass is 16.5. The van der Waals surface area contributed by atoms with Crippen LogP contribution in [0.3, 0.4) is 0 Å². The van der Waals surface area contributed by atoms with Gasteiger partial charge < -0.3 is 15.0 Å². The van der Waals surface area contributed by atoms with Gasteiger partial charge >= 0.3 is 0 Å². The lowest BCUT2D eigenvalue weighted by molar-refractivity contribution is 0.415. The summed E-state index contributed by atoms with van der Waals surface area (Å²) in [6.07, 6.45) is 5.18. The highest BCUT2D eigenvalue weighted by Gasteiger charge is 2.01. The lowest BCUT2D eigenvalue weighted by atomic mass is 10.1. The van der Waals surface area contributed by atoms with Gasteiger partial charge in [-0.1, -0.05) is 26.7 Å². The molecule has 0 aliphatic heterocycles. The molecule has 0 aliphatic carbocycles. The quantitative estimate of drug-likeness (QED) is 0.625. The van der Waals surface area contributed by atoms with Gasteiger partial charge in [0.2, 0.25) is 0 Å². The van der Waals surface area contributed by atoms with Crippen LogP contribution in [0.25, 0.3) is 0 Å². The van der Waals surface area contributed by atoms with E-state index in [-0.39, 0.29) is 0 Å². The summed E-state index contributed by atoms with van der Waals surface area (Å²) in [5.41, 5.74) is 1.26. The van der Waals surface area contributed by atoms with Gasteiger partial charge in [0.25, 0.3) is 0 Å². The zero-order valence-electron chi connectivity index (χ0n) is 14.2. The first kappa shape index (κ1) is 17.8. The van der Waals surface area contributed by atoms with Gasteiger partial charge in [0.05, 0.1) is 7.11 Å². The summed E-state index contributed by atoms with van der Waals surface area (Å²) in [5.74, 6) is 1.67. The molecule has 0 saturated heterocycles. The Morgan fingerprint density at radius 3 is 2.33 bits per heavy atom. The first-order valence-electron chi connectivity index (χ1n) is 8.19. The van der Waals surface area contributed by atoms with Crippen LogP contribution in [0.5, 0.6) is 5.75 Å². The van der Waals surface area contributed by atoms with Gasteiger partial charge in [0.1, 0.15) is 5.75 Å². The van der Waals surface area contributed by atoms with Crippen molar-refractivity contribution in [1.29, 1.82) is 0 Å². The summed E-state index contributed by atoms with van der Waals surface area (Å²) in [4.78, 5) is 2.32. The molecule has 0 spiro atoms. The van der Waals surface area contributed by atoms with Gasteiger partial charge in [-0.15, -0.1) is 0 Å². The molecule has 0 aromatic heterocycles. The van der Waals surface area contributed by atoms with Crippen molar-refractivity contribution in [2.75, 3.05) is 38.7 Å². The fourth-order valence-electron chi connectivity index (χ4n) is 2.31. The van der Waals surface area contributed by atoms with E-state index in [2.05, 4.69) is 43.2 Å².